The van der Waals surface area contributed by atoms with Gasteiger partial charge in [0.25, 0.3) is 5.91 Å². The van der Waals surface area contributed by atoms with Gasteiger partial charge in [0.2, 0.25) is 11.8 Å². The lowest BCUT2D eigenvalue weighted by atomic mass is 10.1. The van der Waals surface area contributed by atoms with E-state index in [-0.39, 0.29) is 23.9 Å². The molecule has 3 amide bonds. The van der Waals surface area contributed by atoms with Crippen molar-refractivity contribution < 1.29 is 23.5 Å². The fourth-order valence-electron chi connectivity index (χ4n) is 4.45. The number of hydrogen-bond acceptors (Lipinski definition) is 6. The van der Waals surface area contributed by atoms with Crippen LogP contribution < -0.4 is 15.5 Å². The summed E-state index contributed by atoms with van der Waals surface area (Å²) in [5.41, 5.74) is 7.32. The van der Waals surface area contributed by atoms with Crippen LogP contribution in [0.15, 0.2) is 53.6 Å². The molecule has 2 aromatic carbocycles. The molecule has 2 N–H and O–H groups in total. The van der Waals surface area contributed by atoms with Gasteiger partial charge in [-0.1, -0.05) is 12.1 Å². The Labute approximate surface area is 209 Å². The molecule has 0 aliphatic carbocycles. The second kappa shape index (κ2) is 11.2. The number of carbonyl (C=O) groups is 3. The number of nitrogens with two attached hydrogens (primary N) is 1. The highest BCUT2D eigenvalue weighted by atomic mass is 19.1. The van der Waals surface area contributed by atoms with E-state index in [4.69, 9.17) is 10.5 Å². The molecule has 2 aliphatic heterocycles. The highest BCUT2D eigenvalue weighted by Gasteiger charge is 2.37. The molecule has 1 unspecified atom stereocenters. The fraction of sp³-hybridized carbons (Fsp3) is 0.385. The Balaban J connectivity index is 1.35. The van der Waals surface area contributed by atoms with E-state index in [1.165, 1.54) is 29.3 Å². The SMILES string of the molecule is COc1ccc(CCC(=O)N2CCCN(C(=O)C3=NN(c4ccc(F)cc4)C(C(N)=O)C3)CC2)cc1. The molecular formula is C26H30FN5O4. The molecule has 1 atom stereocenters. The Bertz CT molecular complexity index is 1140. The van der Waals surface area contributed by atoms with Crippen molar-refractivity contribution in [2.24, 2.45) is 10.8 Å². The van der Waals surface area contributed by atoms with Crippen LogP contribution in [0.4, 0.5) is 10.1 Å². The van der Waals surface area contributed by atoms with E-state index >= 15 is 0 Å². The van der Waals surface area contributed by atoms with Crippen molar-refractivity contribution in [1.29, 1.82) is 0 Å². The first kappa shape index (κ1) is 25.2. The number of rotatable bonds is 7. The Morgan fingerprint density at radius 3 is 2.33 bits per heavy atom. The van der Waals surface area contributed by atoms with Gasteiger partial charge in [0, 0.05) is 39.0 Å². The zero-order valence-corrected chi connectivity index (χ0v) is 20.2. The number of aryl methyl sites for hydroxylation is 1. The van der Waals surface area contributed by atoms with E-state index in [9.17, 15) is 18.8 Å². The molecular weight excluding hydrogens is 465 g/mol. The quantitative estimate of drug-likeness (QED) is 0.632. The van der Waals surface area contributed by atoms with Crippen molar-refractivity contribution in [2.75, 3.05) is 38.3 Å². The third kappa shape index (κ3) is 5.81. The summed E-state index contributed by atoms with van der Waals surface area (Å²) >= 11 is 0. The largest absolute Gasteiger partial charge is 0.497 e. The zero-order valence-electron chi connectivity index (χ0n) is 20.2. The fourth-order valence-corrected chi connectivity index (χ4v) is 4.45. The lowest BCUT2D eigenvalue weighted by Gasteiger charge is -2.22. The molecule has 36 heavy (non-hydrogen) atoms. The molecule has 1 saturated heterocycles. The maximum atomic E-state index is 13.3. The van der Waals surface area contributed by atoms with Crippen LogP contribution in [0, 0.1) is 5.82 Å². The van der Waals surface area contributed by atoms with Crippen LogP contribution in [0.3, 0.4) is 0 Å². The van der Waals surface area contributed by atoms with E-state index in [0.29, 0.717) is 51.1 Å². The number of benzene rings is 2. The number of halogens is 1. The summed E-state index contributed by atoms with van der Waals surface area (Å²) in [5, 5.41) is 5.75. The molecule has 4 rings (SSSR count). The minimum absolute atomic E-state index is 0.0506. The van der Waals surface area contributed by atoms with Crippen molar-refractivity contribution in [3.05, 3.63) is 59.9 Å². The van der Waals surface area contributed by atoms with Crippen LogP contribution in [0.5, 0.6) is 5.75 Å². The van der Waals surface area contributed by atoms with Gasteiger partial charge in [-0.25, -0.2) is 4.39 Å². The number of hydrogen-bond donors (Lipinski definition) is 1. The van der Waals surface area contributed by atoms with E-state index in [1.807, 2.05) is 24.3 Å². The summed E-state index contributed by atoms with van der Waals surface area (Å²) in [7, 11) is 1.61. The molecule has 0 radical (unpaired) electrons. The van der Waals surface area contributed by atoms with Crippen molar-refractivity contribution in [1.82, 2.24) is 9.80 Å². The van der Waals surface area contributed by atoms with Gasteiger partial charge >= 0.3 is 0 Å². The summed E-state index contributed by atoms with van der Waals surface area (Å²) in [6, 6.07) is 12.3. The lowest BCUT2D eigenvalue weighted by molar-refractivity contribution is -0.131. The second-order valence-electron chi connectivity index (χ2n) is 8.86. The number of ether oxygens (including phenoxy) is 1. The monoisotopic (exact) mass is 495 g/mol. The Morgan fingerprint density at radius 1 is 1.00 bits per heavy atom. The smallest absolute Gasteiger partial charge is 0.270 e. The maximum Gasteiger partial charge on any atom is 0.270 e. The predicted octanol–water partition coefficient (Wildman–Crippen LogP) is 1.95. The molecule has 9 nitrogen and oxygen atoms in total. The Hall–Kier alpha value is -3.95. The van der Waals surface area contributed by atoms with Gasteiger partial charge in [0.15, 0.2) is 0 Å². The van der Waals surface area contributed by atoms with Crippen LogP contribution in [0.2, 0.25) is 0 Å². The topological polar surface area (TPSA) is 109 Å². The van der Waals surface area contributed by atoms with Crippen molar-refractivity contribution in [3.63, 3.8) is 0 Å². The van der Waals surface area contributed by atoms with E-state index in [1.54, 1.807) is 16.9 Å². The molecule has 0 aromatic heterocycles. The number of primary amides is 1. The molecule has 0 spiro atoms. The maximum absolute atomic E-state index is 13.3. The zero-order chi connectivity index (χ0) is 25.7. The van der Waals surface area contributed by atoms with Gasteiger partial charge in [-0.05, 0) is 54.8 Å². The average molecular weight is 496 g/mol. The number of amides is 3. The van der Waals surface area contributed by atoms with Crippen LogP contribution in [-0.4, -0.2) is 72.6 Å². The minimum atomic E-state index is -0.822. The van der Waals surface area contributed by atoms with Crippen LogP contribution >= 0.6 is 0 Å². The second-order valence-corrected chi connectivity index (χ2v) is 8.86. The third-order valence-corrected chi connectivity index (χ3v) is 6.50. The van der Waals surface area contributed by atoms with Crippen molar-refractivity contribution in [2.45, 2.75) is 31.7 Å². The Morgan fingerprint density at radius 2 is 1.67 bits per heavy atom. The minimum Gasteiger partial charge on any atom is -0.497 e. The van der Waals surface area contributed by atoms with Gasteiger partial charge < -0.3 is 20.3 Å². The summed E-state index contributed by atoms with van der Waals surface area (Å²) in [6.45, 7) is 1.87. The normalized spacial score (nSPS) is 18.0. The summed E-state index contributed by atoms with van der Waals surface area (Å²) in [5.74, 6) is -0.484. The lowest BCUT2D eigenvalue weighted by Crippen LogP contribution is -2.41. The molecule has 2 aromatic rings. The van der Waals surface area contributed by atoms with Crippen LogP contribution in [0.25, 0.3) is 0 Å². The van der Waals surface area contributed by atoms with Crippen LogP contribution in [0.1, 0.15) is 24.8 Å². The van der Waals surface area contributed by atoms with E-state index in [2.05, 4.69) is 5.10 Å². The first-order chi connectivity index (χ1) is 17.4. The van der Waals surface area contributed by atoms with Crippen LogP contribution in [-0.2, 0) is 20.8 Å². The van der Waals surface area contributed by atoms with Gasteiger partial charge in [-0.2, -0.15) is 5.10 Å². The molecule has 1 fully saturated rings. The number of nitrogens with zero attached hydrogens (tertiary/aromatic N) is 4. The number of methoxy groups -OCH3 is 1. The average Bonchev–Trinajstić information content (AvgIpc) is 3.19. The van der Waals surface area contributed by atoms with E-state index in [0.717, 1.165) is 11.3 Å². The van der Waals surface area contributed by atoms with Crippen molar-refractivity contribution >= 4 is 29.1 Å². The molecule has 10 heteroatoms. The van der Waals surface area contributed by atoms with Gasteiger partial charge in [-0.15, -0.1) is 0 Å². The first-order valence-corrected chi connectivity index (χ1v) is 12.0. The number of hydrazone groups is 1. The van der Waals surface area contributed by atoms with Gasteiger partial charge in [-0.3, -0.25) is 19.4 Å². The molecule has 2 heterocycles. The summed E-state index contributed by atoms with van der Waals surface area (Å²) in [6.07, 6.45) is 1.74. The molecule has 0 saturated carbocycles. The molecule has 190 valence electrons. The molecule has 2 aliphatic rings. The number of anilines is 1. The predicted molar refractivity (Wildman–Crippen MR) is 133 cm³/mol. The van der Waals surface area contributed by atoms with Gasteiger partial charge in [0.1, 0.15) is 23.3 Å². The number of carbonyl (C=O) groups excluding carboxylic acids is 3. The summed E-state index contributed by atoms with van der Waals surface area (Å²) < 4.78 is 18.5. The Kier molecular flexibility index (Phi) is 7.82. The third-order valence-electron chi connectivity index (χ3n) is 6.50. The highest BCUT2D eigenvalue weighted by Crippen LogP contribution is 2.26. The first-order valence-electron chi connectivity index (χ1n) is 12.0. The summed E-state index contributed by atoms with van der Waals surface area (Å²) in [4.78, 5) is 41.5. The standard InChI is InChI=1S/C26H30FN5O4/c1-36-21-10-3-18(4-11-21)5-12-24(33)30-13-2-14-31(16-15-30)26(35)22-17-23(25(28)34)32(29-22)20-8-6-19(27)7-9-20/h3-4,6-11,23H,2,5,12-17H2,1H3,(H2,28,34). The van der Waals surface area contributed by atoms with Gasteiger partial charge in [0.05, 0.1) is 12.8 Å². The molecule has 0 bridgehead atoms. The van der Waals surface area contributed by atoms with E-state index < -0.39 is 17.8 Å². The highest BCUT2D eigenvalue weighted by molar-refractivity contribution is 6.40. The van der Waals surface area contributed by atoms with Crippen molar-refractivity contribution in [3.8, 4) is 5.75 Å².